The van der Waals surface area contributed by atoms with E-state index in [2.05, 4.69) is 13.8 Å². The monoisotopic (exact) mass is 168 g/mol. The third-order valence-corrected chi connectivity index (χ3v) is 4.18. The summed E-state index contributed by atoms with van der Waals surface area (Å²) in [5.41, 5.74) is 0.307. The first kappa shape index (κ1) is 8.09. The quantitative estimate of drug-likeness (QED) is 0.651. The second kappa shape index (κ2) is 2.24. The van der Waals surface area contributed by atoms with Gasteiger partial charge in [-0.25, -0.2) is 0 Å². The van der Waals surface area contributed by atoms with E-state index < -0.39 is 5.97 Å². The van der Waals surface area contributed by atoms with E-state index in [0.29, 0.717) is 11.3 Å². The third-order valence-electron chi connectivity index (χ3n) is 4.18. The summed E-state index contributed by atoms with van der Waals surface area (Å²) in [5, 5.41) is 8.97. The highest BCUT2D eigenvalue weighted by molar-refractivity contribution is 5.71. The summed E-state index contributed by atoms with van der Waals surface area (Å²) in [7, 11) is 0. The largest absolute Gasteiger partial charge is 0.481 e. The van der Waals surface area contributed by atoms with Gasteiger partial charge in [-0.1, -0.05) is 13.8 Å². The lowest BCUT2D eigenvalue weighted by Gasteiger charge is -2.59. The van der Waals surface area contributed by atoms with Gasteiger partial charge in [0.1, 0.15) is 0 Å². The van der Waals surface area contributed by atoms with Crippen molar-refractivity contribution >= 4 is 5.97 Å². The van der Waals surface area contributed by atoms with Crippen molar-refractivity contribution < 1.29 is 9.90 Å². The van der Waals surface area contributed by atoms with Gasteiger partial charge in [0, 0.05) is 0 Å². The molecule has 0 unspecified atom stereocenters. The standard InChI is InChI=1S/C10H16O2/c1-10(2)6-3-4-7(9(11)12)8(10)5-6/h6-8H,3-5H2,1-2H3,(H,11,12)/t6-,7+,8+/m1/s1. The van der Waals surface area contributed by atoms with E-state index in [0.717, 1.165) is 25.2 Å². The van der Waals surface area contributed by atoms with Crippen LogP contribution in [0.5, 0.6) is 0 Å². The van der Waals surface area contributed by atoms with E-state index in [1.807, 2.05) is 0 Å². The molecule has 2 bridgehead atoms. The molecule has 3 saturated carbocycles. The van der Waals surface area contributed by atoms with Gasteiger partial charge >= 0.3 is 5.97 Å². The van der Waals surface area contributed by atoms with Crippen LogP contribution in [0.15, 0.2) is 0 Å². The van der Waals surface area contributed by atoms with Gasteiger partial charge in [0.15, 0.2) is 0 Å². The van der Waals surface area contributed by atoms with E-state index in [4.69, 9.17) is 5.11 Å². The zero-order chi connectivity index (χ0) is 8.93. The molecule has 2 heteroatoms. The SMILES string of the molecule is CC1(C)[C@@H]2CC[C@H](C(=O)O)[C@@H]1C2. The summed E-state index contributed by atoms with van der Waals surface area (Å²) in [6, 6.07) is 0. The number of fused-ring (bicyclic) bond motifs is 2. The predicted molar refractivity (Wildman–Crippen MR) is 45.7 cm³/mol. The fourth-order valence-electron chi connectivity index (χ4n) is 3.11. The summed E-state index contributed by atoms with van der Waals surface area (Å²) >= 11 is 0. The van der Waals surface area contributed by atoms with Gasteiger partial charge < -0.3 is 5.11 Å². The molecule has 0 radical (unpaired) electrons. The lowest BCUT2D eigenvalue weighted by Crippen LogP contribution is -2.54. The Morgan fingerprint density at radius 2 is 2.08 bits per heavy atom. The summed E-state index contributed by atoms with van der Waals surface area (Å²) in [5.74, 6) is 0.628. The molecular formula is C10H16O2. The number of carboxylic acids is 1. The van der Waals surface area contributed by atoms with E-state index in [-0.39, 0.29) is 5.92 Å². The molecule has 3 fully saturated rings. The molecule has 1 N–H and O–H groups in total. The highest BCUT2D eigenvalue weighted by atomic mass is 16.4. The van der Waals surface area contributed by atoms with E-state index in [1.165, 1.54) is 0 Å². The minimum absolute atomic E-state index is 0.0509. The maximum atomic E-state index is 10.9. The lowest BCUT2D eigenvalue weighted by atomic mass is 9.45. The lowest BCUT2D eigenvalue weighted by molar-refractivity contribution is -0.164. The predicted octanol–water partition coefficient (Wildman–Crippen LogP) is 2.14. The molecule has 68 valence electrons. The second-order valence-corrected chi connectivity index (χ2v) is 4.88. The zero-order valence-corrected chi connectivity index (χ0v) is 7.71. The number of carboxylic acid groups (broad SMARTS) is 1. The smallest absolute Gasteiger partial charge is 0.306 e. The molecule has 3 aliphatic carbocycles. The molecule has 0 saturated heterocycles. The van der Waals surface area contributed by atoms with Crippen LogP contribution in [0.2, 0.25) is 0 Å². The molecule has 3 atom stereocenters. The number of hydrogen-bond acceptors (Lipinski definition) is 1. The van der Waals surface area contributed by atoms with Gasteiger partial charge in [0.25, 0.3) is 0 Å². The van der Waals surface area contributed by atoms with Crippen LogP contribution in [0.1, 0.15) is 33.1 Å². The average Bonchev–Trinajstić information content (AvgIpc) is 2.04. The van der Waals surface area contributed by atoms with Crippen LogP contribution < -0.4 is 0 Å². The fraction of sp³-hybridized carbons (Fsp3) is 0.900. The Balaban J connectivity index is 2.16. The van der Waals surface area contributed by atoms with Gasteiger partial charge in [-0.2, -0.15) is 0 Å². The average molecular weight is 168 g/mol. The van der Waals surface area contributed by atoms with Crippen molar-refractivity contribution in [1.82, 2.24) is 0 Å². The third kappa shape index (κ3) is 0.838. The van der Waals surface area contributed by atoms with Crippen molar-refractivity contribution in [2.24, 2.45) is 23.2 Å². The Labute approximate surface area is 73.0 Å². The van der Waals surface area contributed by atoms with Crippen LogP contribution >= 0.6 is 0 Å². The topological polar surface area (TPSA) is 37.3 Å². The van der Waals surface area contributed by atoms with Gasteiger partial charge in [-0.05, 0) is 36.5 Å². The van der Waals surface area contributed by atoms with Gasteiger partial charge in [0.05, 0.1) is 5.92 Å². The van der Waals surface area contributed by atoms with Gasteiger partial charge in [-0.15, -0.1) is 0 Å². The summed E-state index contributed by atoms with van der Waals surface area (Å²) in [6.07, 6.45) is 3.19. The molecule has 0 aromatic carbocycles. The molecule has 0 aromatic heterocycles. The minimum Gasteiger partial charge on any atom is -0.481 e. The molecule has 2 nitrogen and oxygen atoms in total. The maximum Gasteiger partial charge on any atom is 0.306 e. The Kier molecular flexibility index (Phi) is 1.51. The second-order valence-electron chi connectivity index (χ2n) is 4.88. The molecule has 0 heterocycles. The zero-order valence-electron chi connectivity index (χ0n) is 7.71. The van der Waals surface area contributed by atoms with Gasteiger partial charge in [-0.3, -0.25) is 4.79 Å². The molecule has 0 aliphatic heterocycles. The minimum atomic E-state index is -0.578. The van der Waals surface area contributed by atoms with Crippen molar-refractivity contribution in [3.8, 4) is 0 Å². The molecule has 3 rings (SSSR count). The van der Waals surface area contributed by atoms with E-state index in [9.17, 15) is 4.79 Å². The number of rotatable bonds is 1. The number of aliphatic carboxylic acids is 1. The highest BCUT2D eigenvalue weighted by Gasteiger charge is 2.56. The molecule has 0 aromatic rings. The van der Waals surface area contributed by atoms with Crippen LogP contribution in [0, 0.1) is 23.2 Å². The molecule has 3 aliphatic rings. The summed E-state index contributed by atoms with van der Waals surface area (Å²) in [6.45, 7) is 4.45. The number of hydrogen-bond donors (Lipinski definition) is 1. The van der Waals surface area contributed by atoms with E-state index in [1.54, 1.807) is 0 Å². The Bertz CT molecular complexity index is 218. The molecule has 0 amide bonds. The van der Waals surface area contributed by atoms with Crippen LogP contribution in [0.4, 0.5) is 0 Å². The number of carbonyl (C=O) groups is 1. The first-order chi connectivity index (χ1) is 5.53. The Morgan fingerprint density at radius 1 is 1.42 bits per heavy atom. The van der Waals surface area contributed by atoms with Crippen molar-refractivity contribution in [3.05, 3.63) is 0 Å². The van der Waals surface area contributed by atoms with Crippen LogP contribution in [0.25, 0.3) is 0 Å². The van der Waals surface area contributed by atoms with Crippen LogP contribution in [-0.2, 0) is 4.79 Å². The van der Waals surface area contributed by atoms with Crippen molar-refractivity contribution in [1.29, 1.82) is 0 Å². The van der Waals surface area contributed by atoms with Crippen molar-refractivity contribution in [2.45, 2.75) is 33.1 Å². The fourth-order valence-corrected chi connectivity index (χ4v) is 3.11. The van der Waals surface area contributed by atoms with Crippen molar-refractivity contribution in [2.75, 3.05) is 0 Å². The molecular weight excluding hydrogens is 152 g/mol. The van der Waals surface area contributed by atoms with Crippen LogP contribution in [-0.4, -0.2) is 11.1 Å². The summed E-state index contributed by atoms with van der Waals surface area (Å²) < 4.78 is 0. The van der Waals surface area contributed by atoms with Gasteiger partial charge in [0.2, 0.25) is 0 Å². The summed E-state index contributed by atoms with van der Waals surface area (Å²) in [4.78, 5) is 10.9. The van der Waals surface area contributed by atoms with Crippen LogP contribution in [0.3, 0.4) is 0 Å². The molecule has 12 heavy (non-hydrogen) atoms. The normalized spacial score (nSPS) is 43.3. The molecule has 0 spiro atoms. The maximum absolute atomic E-state index is 10.9. The first-order valence-corrected chi connectivity index (χ1v) is 4.76. The Morgan fingerprint density at radius 3 is 2.42 bits per heavy atom. The Hall–Kier alpha value is -0.530. The van der Waals surface area contributed by atoms with Crippen molar-refractivity contribution in [3.63, 3.8) is 0 Å². The van der Waals surface area contributed by atoms with E-state index >= 15 is 0 Å². The highest BCUT2D eigenvalue weighted by Crippen LogP contribution is 2.61. The first-order valence-electron chi connectivity index (χ1n) is 4.76.